The molecule has 0 saturated heterocycles. The molecule has 0 spiro atoms. The second kappa shape index (κ2) is 65.4. The van der Waals surface area contributed by atoms with Gasteiger partial charge in [-0.3, -0.25) is 14.4 Å². The van der Waals surface area contributed by atoms with Crippen LogP contribution in [0.25, 0.3) is 0 Å². The van der Waals surface area contributed by atoms with Gasteiger partial charge in [0.1, 0.15) is 13.2 Å². The van der Waals surface area contributed by atoms with Gasteiger partial charge in [-0.25, -0.2) is 0 Å². The quantitative estimate of drug-likeness (QED) is 0.0261. The van der Waals surface area contributed by atoms with Crippen LogP contribution in [0.4, 0.5) is 0 Å². The summed E-state index contributed by atoms with van der Waals surface area (Å²) in [6, 6.07) is 0. The van der Waals surface area contributed by atoms with Crippen molar-refractivity contribution in [3.05, 3.63) is 72.9 Å². The Balaban J connectivity index is 4.18. The Labute approximate surface area is 478 Å². The molecular weight excluding hydrogens is 949 g/mol. The summed E-state index contributed by atoms with van der Waals surface area (Å²) in [4.78, 5) is 38.3. The zero-order chi connectivity index (χ0) is 55.7. The van der Waals surface area contributed by atoms with Crippen LogP contribution in [0.1, 0.15) is 342 Å². The molecule has 0 aliphatic carbocycles. The molecule has 0 aromatic rings. The predicted octanol–water partition coefficient (Wildman–Crippen LogP) is 22.9. The molecule has 0 aliphatic rings. The summed E-state index contributed by atoms with van der Waals surface area (Å²) < 4.78 is 16.9. The highest BCUT2D eigenvalue weighted by molar-refractivity contribution is 5.71. The van der Waals surface area contributed by atoms with Crippen molar-refractivity contribution in [2.45, 2.75) is 348 Å². The number of esters is 3. The molecule has 6 heteroatoms. The van der Waals surface area contributed by atoms with Crippen LogP contribution in [0.3, 0.4) is 0 Å². The molecule has 77 heavy (non-hydrogen) atoms. The van der Waals surface area contributed by atoms with Crippen LogP contribution in [0, 0.1) is 0 Å². The fourth-order valence-electron chi connectivity index (χ4n) is 9.65. The maximum Gasteiger partial charge on any atom is 0.306 e. The van der Waals surface area contributed by atoms with E-state index >= 15 is 0 Å². The van der Waals surface area contributed by atoms with Crippen LogP contribution in [-0.2, 0) is 28.6 Å². The molecule has 446 valence electrons. The fourth-order valence-corrected chi connectivity index (χ4v) is 9.65. The Kier molecular flexibility index (Phi) is 62.7. The number of ether oxygens (including phenoxy) is 3. The van der Waals surface area contributed by atoms with Gasteiger partial charge in [-0.15, -0.1) is 0 Å². The van der Waals surface area contributed by atoms with Crippen molar-refractivity contribution in [1.29, 1.82) is 0 Å². The van der Waals surface area contributed by atoms with E-state index in [0.29, 0.717) is 19.3 Å². The summed E-state index contributed by atoms with van der Waals surface area (Å²) in [5.41, 5.74) is 0. The Morgan fingerprint density at radius 2 is 0.519 bits per heavy atom. The normalized spacial score (nSPS) is 12.5. The molecule has 0 aromatic carbocycles. The summed E-state index contributed by atoms with van der Waals surface area (Å²) in [6.45, 7) is 6.52. The van der Waals surface area contributed by atoms with Crippen LogP contribution in [0.5, 0.6) is 0 Å². The SMILES string of the molecule is CC/C=C\C/C=C\C/C=C\C/C=C\CCCCCCCCCCCCCCCCCCC(=O)OCC(COC(=O)CCCCCCC/C=C\CCCC)OC(=O)CCCCCCCCCCC/C=C\CCCCCCCC. The molecule has 0 radical (unpaired) electrons. The Hall–Kier alpha value is -3.15. The molecule has 0 bridgehead atoms. The second-order valence-electron chi connectivity index (χ2n) is 22.3. The molecule has 0 amide bonds. The zero-order valence-electron chi connectivity index (χ0n) is 51.2. The van der Waals surface area contributed by atoms with E-state index in [4.69, 9.17) is 14.2 Å². The van der Waals surface area contributed by atoms with E-state index in [1.165, 1.54) is 212 Å². The van der Waals surface area contributed by atoms with Crippen LogP contribution in [-0.4, -0.2) is 37.2 Å². The van der Waals surface area contributed by atoms with Crippen molar-refractivity contribution in [3.63, 3.8) is 0 Å². The maximum atomic E-state index is 12.9. The highest BCUT2D eigenvalue weighted by Gasteiger charge is 2.19. The van der Waals surface area contributed by atoms with E-state index < -0.39 is 6.10 Å². The van der Waals surface area contributed by atoms with Gasteiger partial charge in [0, 0.05) is 19.3 Å². The first kappa shape index (κ1) is 73.8. The number of allylic oxidation sites excluding steroid dienone is 12. The summed E-state index contributed by atoms with van der Waals surface area (Å²) in [5.74, 6) is -0.871. The number of carbonyl (C=O) groups excluding carboxylic acids is 3. The summed E-state index contributed by atoms with van der Waals surface area (Å²) in [5, 5.41) is 0. The standard InChI is InChI=1S/C71H126O6/c1-4-7-10-13-16-19-22-24-26-28-30-31-32-33-34-35-36-37-38-39-41-42-44-46-49-52-55-58-61-64-70(73)76-67-68(66-75-69(72)63-60-57-54-51-48-21-18-15-12-9-6-3)77-71(74)65-62-59-56-53-50-47-45-43-40-29-27-25-23-20-17-14-11-8-5-2/h7,10,15-16,18-19,24-27,30-31,68H,4-6,8-9,11-14,17,20-23,28-29,32-67H2,1-3H3/b10-7-,18-15-,19-16-,26-24-,27-25-,31-30-. The minimum atomic E-state index is -0.778. The monoisotopic (exact) mass is 1070 g/mol. The highest BCUT2D eigenvalue weighted by Crippen LogP contribution is 2.17. The molecule has 6 nitrogen and oxygen atoms in total. The lowest BCUT2D eigenvalue weighted by Gasteiger charge is -2.18. The molecule has 1 unspecified atom stereocenters. The molecule has 1 atom stereocenters. The van der Waals surface area contributed by atoms with Crippen molar-refractivity contribution in [3.8, 4) is 0 Å². The first-order valence-electron chi connectivity index (χ1n) is 33.4. The van der Waals surface area contributed by atoms with Crippen LogP contribution < -0.4 is 0 Å². The topological polar surface area (TPSA) is 78.9 Å². The lowest BCUT2D eigenvalue weighted by molar-refractivity contribution is -0.167. The number of rotatable bonds is 61. The van der Waals surface area contributed by atoms with Crippen molar-refractivity contribution >= 4 is 17.9 Å². The first-order valence-corrected chi connectivity index (χ1v) is 33.4. The van der Waals surface area contributed by atoms with E-state index in [1.807, 2.05) is 0 Å². The van der Waals surface area contributed by atoms with Crippen LogP contribution >= 0.6 is 0 Å². The predicted molar refractivity (Wildman–Crippen MR) is 335 cm³/mol. The lowest BCUT2D eigenvalue weighted by Crippen LogP contribution is -2.30. The average Bonchev–Trinajstić information content (AvgIpc) is 3.43. The highest BCUT2D eigenvalue weighted by atomic mass is 16.6. The zero-order valence-corrected chi connectivity index (χ0v) is 51.2. The van der Waals surface area contributed by atoms with E-state index in [2.05, 4.69) is 93.7 Å². The summed E-state index contributed by atoms with van der Waals surface area (Å²) in [6.07, 6.45) is 85.0. The molecule has 0 aromatic heterocycles. The first-order chi connectivity index (χ1) is 38.0. The third kappa shape index (κ3) is 63.6. The van der Waals surface area contributed by atoms with Gasteiger partial charge in [0.25, 0.3) is 0 Å². The average molecular weight is 1080 g/mol. The number of hydrogen-bond donors (Lipinski definition) is 0. The largest absolute Gasteiger partial charge is 0.462 e. The van der Waals surface area contributed by atoms with Crippen molar-refractivity contribution in [2.75, 3.05) is 13.2 Å². The van der Waals surface area contributed by atoms with Gasteiger partial charge >= 0.3 is 17.9 Å². The number of unbranched alkanes of at least 4 members (excludes halogenated alkanes) is 38. The molecule has 0 heterocycles. The van der Waals surface area contributed by atoms with Crippen LogP contribution in [0.2, 0.25) is 0 Å². The van der Waals surface area contributed by atoms with Gasteiger partial charge in [-0.1, -0.05) is 293 Å². The Morgan fingerprint density at radius 1 is 0.273 bits per heavy atom. The van der Waals surface area contributed by atoms with Gasteiger partial charge in [0.05, 0.1) is 0 Å². The summed E-state index contributed by atoms with van der Waals surface area (Å²) in [7, 11) is 0. The van der Waals surface area contributed by atoms with Crippen molar-refractivity contribution in [1.82, 2.24) is 0 Å². The molecule has 0 N–H and O–H groups in total. The van der Waals surface area contributed by atoms with Gasteiger partial charge in [0.15, 0.2) is 6.10 Å². The lowest BCUT2D eigenvalue weighted by atomic mass is 10.0. The van der Waals surface area contributed by atoms with Gasteiger partial charge in [-0.05, 0) is 103 Å². The maximum absolute atomic E-state index is 12.9. The third-order valence-corrected chi connectivity index (χ3v) is 14.7. The Bertz CT molecular complexity index is 1420. The molecule has 0 fully saturated rings. The smallest absolute Gasteiger partial charge is 0.306 e. The van der Waals surface area contributed by atoms with Gasteiger partial charge in [-0.2, -0.15) is 0 Å². The fraction of sp³-hybridized carbons (Fsp3) is 0.789. The molecule has 0 rings (SSSR count). The van der Waals surface area contributed by atoms with Crippen molar-refractivity contribution < 1.29 is 28.6 Å². The molecular formula is C71H126O6. The minimum absolute atomic E-state index is 0.0754. The minimum Gasteiger partial charge on any atom is -0.462 e. The van der Waals surface area contributed by atoms with Gasteiger partial charge in [0.2, 0.25) is 0 Å². The second-order valence-corrected chi connectivity index (χ2v) is 22.3. The number of hydrogen-bond acceptors (Lipinski definition) is 6. The number of carbonyl (C=O) groups is 3. The van der Waals surface area contributed by atoms with E-state index in [0.717, 1.165) is 89.9 Å². The van der Waals surface area contributed by atoms with E-state index in [1.54, 1.807) is 0 Å². The van der Waals surface area contributed by atoms with Crippen LogP contribution in [0.15, 0.2) is 72.9 Å². The Morgan fingerprint density at radius 3 is 0.844 bits per heavy atom. The molecule has 0 aliphatic heterocycles. The summed E-state index contributed by atoms with van der Waals surface area (Å²) >= 11 is 0. The van der Waals surface area contributed by atoms with E-state index in [-0.39, 0.29) is 31.1 Å². The van der Waals surface area contributed by atoms with Gasteiger partial charge < -0.3 is 14.2 Å². The van der Waals surface area contributed by atoms with Crippen molar-refractivity contribution in [2.24, 2.45) is 0 Å². The third-order valence-electron chi connectivity index (χ3n) is 14.7. The van der Waals surface area contributed by atoms with E-state index in [9.17, 15) is 14.4 Å². The molecule has 0 saturated carbocycles.